The van der Waals surface area contributed by atoms with Gasteiger partial charge in [-0.15, -0.1) is 0 Å². The highest BCUT2D eigenvalue weighted by Crippen LogP contribution is 2.52. The van der Waals surface area contributed by atoms with Crippen molar-refractivity contribution >= 4 is 0 Å². The van der Waals surface area contributed by atoms with Crippen molar-refractivity contribution in [2.24, 2.45) is 17.3 Å². The van der Waals surface area contributed by atoms with Crippen LogP contribution in [0.1, 0.15) is 97.3 Å². The summed E-state index contributed by atoms with van der Waals surface area (Å²) in [6.45, 7) is 11.6. The average Bonchev–Trinajstić information content (AvgIpc) is 3.17. The molecule has 2 unspecified atom stereocenters. The predicted octanol–water partition coefficient (Wildman–Crippen LogP) is 8.52. The first-order chi connectivity index (χ1) is 15.1. The summed E-state index contributed by atoms with van der Waals surface area (Å²) in [5, 5.41) is 0. The molecule has 0 aromatic rings. The number of rotatable bonds is 5. The zero-order valence-corrected chi connectivity index (χ0v) is 20.3. The molecule has 170 valence electrons. The van der Waals surface area contributed by atoms with Crippen LogP contribution in [0.25, 0.3) is 0 Å². The second-order valence-corrected chi connectivity index (χ2v) is 11.0. The van der Waals surface area contributed by atoms with Crippen LogP contribution < -0.4 is 0 Å². The number of hydrogen-bond acceptors (Lipinski definition) is 1. The molecule has 0 N–H and O–H groups in total. The fourth-order valence-electron chi connectivity index (χ4n) is 6.83. The first-order valence-corrected chi connectivity index (χ1v) is 13.3. The Bertz CT molecular complexity index is 753. The molecular weight excluding hydrogens is 374 g/mol. The van der Waals surface area contributed by atoms with Gasteiger partial charge in [0.05, 0.1) is 0 Å². The second-order valence-electron chi connectivity index (χ2n) is 11.0. The lowest BCUT2D eigenvalue weighted by molar-refractivity contribution is 0.0364. The van der Waals surface area contributed by atoms with Gasteiger partial charge in [0.15, 0.2) is 0 Å². The maximum atomic E-state index is 4.56. The summed E-state index contributed by atoms with van der Waals surface area (Å²) in [5.41, 5.74) is 6.54. The van der Waals surface area contributed by atoms with Gasteiger partial charge in [-0.2, -0.15) is 0 Å². The first kappa shape index (κ1) is 22.7. The van der Waals surface area contributed by atoms with E-state index in [1.54, 1.807) is 5.57 Å². The molecule has 1 saturated carbocycles. The molecule has 1 nitrogen and oxygen atoms in total. The lowest BCUT2D eigenvalue weighted by Gasteiger charge is -2.50. The number of allylic oxidation sites excluding steroid dienone is 8. The van der Waals surface area contributed by atoms with E-state index in [9.17, 15) is 0 Å². The molecule has 1 saturated heterocycles. The molecule has 31 heavy (non-hydrogen) atoms. The molecule has 4 aliphatic rings. The molecule has 1 heterocycles. The van der Waals surface area contributed by atoms with Crippen LogP contribution in [-0.2, 0) is 0 Å². The number of likely N-dealkylation sites (tertiary alicyclic amines) is 1. The van der Waals surface area contributed by atoms with Gasteiger partial charge in [0.25, 0.3) is 0 Å². The Hall–Kier alpha value is -1.50. The summed E-state index contributed by atoms with van der Waals surface area (Å²) in [6.07, 6.45) is 29.6. The van der Waals surface area contributed by atoms with E-state index in [-0.39, 0.29) is 0 Å². The van der Waals surface area contributed by atoms with Crippen molar-refractivity contribution < 1.29 is 0 Å². The fraction of sp³-hybridized carbons (Fsp3) is 0.667. The van der Waals surface area contributed by atoms with Crippen molar-refractivity contribution in [3.8, 4) is 0 Å². The van der Waals surface area contributed by atoms with Crippen LogP contribution in [0.4, 0.5) is 0 Å². The highest BCUT2D eigenvalue weighted by atomic mass is 15.1. The summed E-state index contributed by atoms with van der Waals surface area (Å²) in [5.74, 6) is 1.72. The van der Waals surface area contributed by atoms with E-state index in [2.05, 4.69) is 55.7 Å². The summed E-state index contributed by atoms with van der Waals surface area (Å²) in [6, 6.07) is 0. The summed E-state index contributed by atoms with van der Waals surface area (Å²) in [7, 11) is 0. The van der Waals surface area contributed by atoms with Gasteiger partial charge >= 0.3 is 0 Å². The van der Waals surface area contributed by atoms with Gasteiger partial charge in [-0.05, 0) is 106 Å². The zero-order chi connectivity index (χ0) is 21.7. The Labute approximate surface area is 192 Å². The molecule has 1 heteroatoms. The molecule has 1 aliphatic heterocycles. The third-order valence-corrected chi connectivity index (χ3v) is 8.62. The number of piperidine rings is 1. The fourth-order valence-corrected chi connectivity index (χ4v) is 6.83. The van der Waals surface area contributed by atoms with Crippen molar-refractivity contribution in [3.05, 3.63) is 59.4 Å². The monoisotopic (exact) mass is 419 g/mol. The van der Waals surface area contributed by atoms with E-state index in [0.717, 1.165) is 11.8 Å². The van der Waals surface area contributed by atoms with Gasteiger partial charge in [0.2, 0.25) is 0 Å². The van der Waals surface area contributed by atoms with E-state index >= 15 is 0 Å². The summed E-state index contributed by atoms with van der Waals surface area (Å²) in [4.78, 5) is 2.62. The Morgan fingerprint density at radius 2 is 1.94 bits per heavy atom. The topological polar surface area (TPSA) is 3.24 Å². The minimum atomic E-state index is 0.564. The molecule has 0 aromatic heterocycles. The van der Waals surface area contributed by atoms with E-state index in [1.807, 2.05) is 0 Å². The summed E-state index contributed by atoms with van der Waals surface area (Å²) < 4.78 is 0. The molecule has 0 radical (unpaired) electrons. The van der Waals surface area contributed by atoms with Crippen molar-refractivity contribution in [2.45, 2.75) is 97.3 Å². The van der Waals surface area contributed by atoms with Gasteiger partial charge < -0.3 is 4.90 Å². The molecule has 3 aliphatic carbocycles. The number of hydrogen-bond donors (Lipinski definition) is 0. The van der Waals surface area contributed by atoms with Crippen LogP contribution in [0.5, 0.6) is 0 Å². The van der Waals surface area contributed by atoms with Gasteiger partial charge in [0, 0.05) is 18.8 Å². The Morgan fingerprint density at radius 3 is 2.74 bits per heavy atom. The third kappa shape index (κ3) is 5.65. The third-order valence-electron chi connectivity index (χ3n) is 8.62. The molecule has 0 amide bonds. The van der Waals surface area contributed by atoms with Crippen LogP contribution in [0, 0.1) is 17.3 Å². The second kappa shape index (κ2) is 10.4. The van der Waals surface area contributed by atoms with Crippen LogP contribution in [0.2, 0.25) is 0 Å². The lowest BCUT2D eigenvalue weighted by Crippen LogP contribution is -2.44. The van der Waals surface area contributed by atoms with Crippen LogP contribution in [0.3, 0.4) is 0 Å². The van der Waals surface area contributed by atoms with Gasteiger partial charge in [-0.3, -0.25) is 0 Å². The largest absolute Gasteiger partial charge is 0.372 e. The molecular formula is C30H45N. The Morgan fingerprint density at radius 1 is 1.10 bits per heavy atom. The number of nitrogens with zero attached hydrogens (tertiary/aromatic N) is 1. The average molecular weight is 420 g/mol. The van der Waals surface area contributed by atoms with Gasteiger partial charge in [-0.1, -0.05) is 62.3 Å². The zero-order valence-electron chi connectivity index (χ0n) is 20.3. The van der Waals surface area contributed by atoms with Crippen LogP contribution in [0.15, 0.2) is 59.4 Å². The minimum Gasteiger partial charge on any atom is -0.372 e. The quantitative estimate of drug-likeness (QED) is 0.431. The first-order valence-electron chi connectivity index (χ1n) is 13.3. The van der Waals surface area contributed by atoms with Crippen molar-refractivity contribution in [1.82, 2.24) is 4.90 Å². The SMILES string of the molecule is C=C(C1=CC=C(C)CCC1)N1CCC2(CC1)CC(CCC)CC(C1=CCCCC=C1)C2. The van der Waals surface area contributed by atoms with Crippen molar-refractivity contribution in [3.63, 3.8) is 0 Å². The molecule has 2 atom stereocenters. The van der Waals surface area contributed by atoms with E-state index in [0.29, 0.717) is 5.41 Å². The van der Waals surface area contributed by atoms with Crippen LogP contribution >= 0.6 is 0 Å². The summed E-state index contributed by atoms with van der Waals surface area (Å²) >= 11 is 0. The lowest BCUT2D eigenvalue weighted by atomic mass is 9.59. The van der Waals surface area contributed by atoms with Crippen molar-refractivity contribution in [1.29, 1.82) is 0 Å². The normalized spacial score (nSPS) is 29.0. The Balaban J connectivity index is 1.44. The maximum absolute atomic E-state index is 4.56. The Kier molecular flexibility index (Phi) is 7.62. The maximum Gasteiger partial charge on any atom is 0.0325 e. The van der Waals surface area contributed by atoms with E-state index in [1.165, 1.54) is 113 Å². The highest BCUT2D eigenvalue weighted by molar-refractivity contribution is 5.34. The van der Waals surface area contributed by atoms with Gasteiger partial charge in [0.1, 0.15) is 0 Å². The smallest absolute Gasteiger partial charge is 0.0325 e. The van der Waals surface area contributed by atoms with E-state index < -0.39 is 0 Å². The molecule has 2 fully saturated rings. The minimum absolute atomic E-state index is 0.564. The van der Waals surface area contributed by atoms with Crippen LogP contribution in [-0.4, -0.2) is 18.0 Å². The van der Waals surface area contributed by atoms with Gasteiger partial charge in [-0.25, -0.2) is 0 Å². The van der Waals surface area contributed by atoms with Crippen molar-refractivity contribution in [2.75, 3.05) is 13.1 Å². The molecule has 0 bridgehead atoms. The standard InChI is InChI=1S/C30H45N/c1-4-10-26-21-29(28-12-7-5-6-8-13-28)23-30(22-26)17-19-31(20-18-30)25(3)27-14-9-11-24(2)15-16-27/h7,12-13,15-16,26,29H,3-6,8-11,14,17-23H2,1-2H3. The predicted molar refractivity (Wildman–Crippen MR) is 135 cm³/mol. The highest BCUT2D eigenvalue weighted by Gasteiger charge is 2.43. The molecule has 1 spiro atoms. The molecule has 0 aromatic carbocycles. The molecule has 4 rings (SSSR count). The van der Waals surface area contributed by atoms with E-state index in [4.69, 9.17) is 0 Å².